The van der Waals surface area contributed by atoms with E-state index in [0.717, 1.165) is 0 Å². The standard InChI is InChI=1S/C12H10F3N3O2S/c13-12(14,15)21-5-4-17-11(19)9-6-10(20-18-9)8-2-1-3-16-7-8/h1-3,6-7H,4-5H2,(H,17,19). The van der Waals surface area contributed by atoms with Gasteiger partial charge in [0.15, 0.2) is 11.5 Å². The number of hydrogen-bond donors (Lipinski definition) is 1. The fraction of sp³-hybridized carbons (Fsp3) is 0.250. The molecule has 0 aliphatic heterocycles. The number of pyridine rings is 1. The van der Waals surface area contributed by atoms with E-state index in [0.29, 0.717) is 11.3 Å². The highest BCUT2D eigenvalue weighted by Gasteiger charge is 2.27. The number of aromatic nitrogens is 2. The fourth-order valence-electron chi connectivity index (χ4n) is 1.45. The molecule has 5 nitrogen and oxygen atoms in total. The summed E-state index contributed by atoms with van der Waals surface area (Å²) in [7, 11) is 0. The van der Waals surface area contributed by atoms with Crippen LogP contribution < -0.4 is 5.32 Å². The van der Waals surface area contributed by atoms with Crippen molar-refractivity contribution in [2.75, 3.05) is 12.3 Å². The fourth-order valence-corrected chi connectivity index (χ4v) is 1.88. The van der Waals surface area contributed by atoms with Crippen molar-refractivity contribution in [2.24, 2.45) is 0 Å². The Balaban J connectivity index is 1.88. The van der Waals surface area contributed by atoms with Crippen LogP contribution in [0, 0.1) is 0 Å². The number of nitrogens with zero attached hydrogens (tertiary/aromatic N) is 2. The number of carbonyl (C=O) groups is 1. The highest BCUT2D eigenvalue weighted by molar-refractivity contribution is 8.00. The number of rotatable bonds is 5. The third-order valence-corrected chi connectivity index (χ3v) is 3.08. The Morgan fingerprint density at radius 3 is 2.90 bits per heavy atom. The largest absolute Gasteiger partial charge is 0.441 e. The first-order valence-electron chi connectivity index (χ1n) is 5.82. The van der Waals surface area contributed by atoms with Crippen molar-refractivity contribution in [1.82, 2.24) is 15.5 Å². The molecule has 0 aliphatic carbocycles. The normalized spacial score (nSPS) is 11.4. The number of thioether (sulfide) groups is 1. The molecule has 0 aliphatic rings. The molecule has 2 heterocycles. The van der Waals surface area contributed by atoms with Crippen LogP contribution in [0.4, 0.5) is 13.2 Å². The van der Waals surface area contributed by atoms with Gasteiger partial charge in [-0.2, -0.15) is 13.2 Å². The Morgan fingerprint density at radius 2 is 2.24 bits per heavy atom. The van der Waals surface area contributed by atoms with Gasteiger partial charge in [0.1, 0.15) is 0 Å². The smallest absolute Gasteiger partial charge is 0.355 e. The van der Waals surface area contributed by atoms with Gasteiger partial charge in [0.25, 0.3) is 5.91 Å². The monoisotopic (exact) mass is 317 g/mol. The predicted molar refractivity (Wildman–Crippen MR) is 70.6 cm³/mol. The van der Waals surface area contributed by atoms with Crippen molar-refractivity contribution in [1.29, 1.82) is 0 Å². The first-order valence-corrected chi connectivity index (χ1v) is 6.80. The summed E-state index contributed by atoms with van der Waals surface area (Å²) in [5.41, 5.74) is -3.64. The average Bonchev–Trinajstić information content (AvgIpc) is 2.93. The van der Waals surface area contributed by atoms with Crippen LogP contribution in [0.3, 0.4) is 0 Å². The molecule has 1 amide bonds. The van der Waals surface area contributed by atoms with Crippen LogP contribution in [0.2, 0.25) is 0 Å². The van der Waals surface area contributed by atoms with E-state index in [1.54, 1.807) is 24.5 Å². The summed E-state index contributed by atoms with van der Waals surface area (Å²) in [4.78, 5) is 15.6. The number of carbonyl (C=O) groups excluding carboxylic acids is 1. The summed E-state index contributed by atoms with van der Waals surface area (Å²) in [5.74, 6) is -0.489. The molecule has 2 rings (SSSR count). The minimum atomic E-state index is -4.30. The molecule has 9 heteroatoms. The van der Waals surface area contributed by atoms with Crippen LogP contribution in [0.1, 0.15) is 10.5 Å². The van der Waals surface area contributed by atoms with Gasteiger partial charge in [0.2, 0.25) is 0 Å². The number of hydrogen-bond acceptors (Lipinski definition) is 5. The molecule has 21 heavy (non-hydrogen) atoms. The zero-order chi connectivity index (χ0) is 15.3. The van der Waals surface area contributed by atoms with Gasteiger partial charge in [0, 0.05) is 36.3 Å². The van der Waals surface area contributed by atoms with Crippen molar-refractivity contribution < 1.29 is 22.5 Å². The van der Waals surface area contributed by atoms with Gasteiger partial charge in [-0.1, -0.05) is 5.16 Å². The number of alkyl halides is 3. The SMILES string of the molecule is O=C(NCCSC(F)(F)F)c1cc(-c2cccnc2)on1. The van der Waals surface area contributed by atoms with Crippen LogP contribution >= 0.6 is 11.8 Å². The van der Waals surface area contributed by atoms with Gasteiger partial charge in [-0.05, 0) is 23.9 Å². The maximum atomic E-state index is 11.9. The molecule has 0 bridgehead atoms. The average molecular weight is 317 g/mol. The third kappa shape index (κ3) is 4.78. The lowest BCUT2D eigenvalue weighted by Gasteiger charge is -2.05. The molecule has 0 fully saturated rings. The molecule has 2 aromatic rings. The molecule has 0 atom stereocenters. The van der Waals surface area contributed by atoms with Crippen molar-refractivity contribution in [2.45, 2.75) is 5.51 Å². The van der Waals surface area contributed by atoms with Gasteiger partial charge in [0.05, 0.1) is 0 Å². The van der Waals surface area contributed by atoms with E-state index in [-0.39, 0.29) is 29.8 Å². The summed E-state index contributed by atoms with van der Waals surface area (Å²) in [5, 5.41) is 5.91. The minimum absolute atomic E-state index is 0.00543. The van der Waals surface area contributed by atoms with Gasteiger partial charge in [-0.25, -0.2) is 0 Å². The summed E-state index contributed by atoms with van der Waals surface area (Å²) < 4.78 is 40.7. The highest BCUT2D eigenvalue weighted by atomic mass is 32.2. The molecule has 0 saturated heterocycles. The van der Waals surface area contributed by atoms with Crippen LogP contribution in [0.15, 0.2) is 35.1 Å². The second kappa shape index (κ2) is 6.61. The second-order valence-electron chi connectivity index (χ2n) is 3.87. The Morgan fingerprint density at radius 1 is 1.43 bits per heavy atom. The van der Waals surface area contributed by atoms with Crippen LogP contribution in [0.5, 0.6) is 0 Å². The molecule has 0 unspecified atom stereocenters. The molecule has 0 spiro atoms. The minimum Gasteiger partial charge on any atom is -0.355 e. The highest BCUT2D eigenvalue weighted by Crippen LogP contribution is 2.29. The van der Waals surface area contributed by atoms with E-state index in [2.05, 4.69) is 15.5 Å². The zero-order valence-corrected chi connectivity index (χ0v) is 11.4. The van der Waals surface area contributed by atoms with E-state index >= 15 is 0 Å². The first-order chi connectivity index (χ1) is 9.96. The Bertz CT molecular complexity index is 601. The Labute approximate surface area is 121 Å². The van der Waals surface area contributed by atoms with Gasteiger partial charge >= 0.3 is 5.51 Å². The molecular formula is C12H10F3N3O2S. The molecular weight excluding hydrogens is 307 g/mol. The lowest BCUT2D eigenvalue weighted by molar-refractivity contribution is -0.0327. The van der Waals surface area contributed by atoms with Crippen LogP contribution in [-0.4, -0.2) is 33.9 Å². The summed E-state index contributed by atoms with van der Waals surface area (Å²) in [6.45, 7) is -0.113. The topological polar surface area (TPSA) is 68.0 Å². The van der Waals surface area contributed by atoms with Crippen molar-refractivity contribution in [3.05, 3.63) is 36.3 Å². The summed E-state index contributed by atoms with van der Waals surface area (Å²) >= 11 is -0.194. The van der Waals surface area contributed by atoms with Crippen LogP contribution in [0.25, 0.3) is 11.3 Å². The number of amides is 1. The maximum Gasteiger partial charge on any atom is 0.441 e. The summed E-state index contributed by atoms with van der Waals surface area (Å²) in [6.07, 6.45) is 3.13. The van der Waals surface area contributed by atoms with Crippen molar-refractivity contribution in [3.8, 4) is 11.3 Å². The molecule has 112 valence electrons. The molecule has 0 aromatic carbocycles. The van der Waals surface area contributed by atoms with E-state index < -0.39 is 11.4 Å². The maximum absolute atomic E-state index is 11.9. The second-order valence-corrected chi connectivity index (χ2v) is 5.03. The van der Waals surface area contributed by atoms with Gasteiger partial charge < -0.3 is 9.84 Å². The lowest BCUT2D eigenvalue weighted by atomic mass is 10.2. The molecule has 2 aromatic heterocycles. The van der Waals surface area contributed by atoms with Crippen molar-refractivity contribution in [3.63, 3.8) is 0 Å². The van der Waals surface area contributed by atoms with Crippen molar-refractivity contribution >= 4 is 17.7 Å². The zero-order valence-electron chi connectivity index (χ0n) is 10.6. The summed E-state index contributed by atoms with van der Waals surface area (Å²) in [6, 6.07) is 4.84. The quantitative estimate of drug-likeness (QED) is 0.859. The number of nitrogens with one attached hydrogen (secondary N) is 1. The molecule has 0 saturated carbocycles. The molecule has 0 radical (unpaired) electrons. The van der Waals surface area contributed by atoms with E-state index in [1.165, 1.54) is 6.07 Å². The third-order valence-electron chi connectivity index (χ3n) is 2.34. The predicted octanol–water partition coefficient (Wildman–Crippen LogP) is 2.72. The first kappa shape index (κ1) is 15.4. The lowest BCUT2D eigenvalue weighted by Crippen LogP contribution is -2.26. The Kier molecular flexibility index (Phi) is 4.84. The number of halogens is 3. The van der Waals surface area contributed by atoms with Gasteiger partial charge in [-0.15, -0.1) is 0 Å². The molecule has 1 N–H and O–H groups in total. The van der Waals surface area contributed by atoms with Gasteiger partial charge in [-0.3, -0.25) is 9.78 Å². The van der Waals surface area contributed by atoms with Crippen LogP contribution in [-0.2, 0) is 0 Å². The van der Waals surface area contributed by atoms with E-state index in [4.69, 9.17) is 4.52 Å². The Hall–Kier alpha value is -2.03. The van der Waals surface area contributed by atoms with E-state index in [1.807, 2.05) is 0 Å². The van der Waals surface area contributed by atoms with E-state index in [9.17, 15) is 18.0 Å².